The number of fused-ring (bicyclic) bond motifs is 1. The molecule has 4 nitrogen and oxygen atoms in total. The van der Waals surface area contributed by atoms with Crippen molar-refractivity contribution < 1.29 is 19.1 Å². The third-order valence-electron chi connectivity index (χ3n) is 3.57. The predicted molar refractivity (Wildman–Crippen MR) is 73.0 cm³/mol. The Balaban J connectivity index is 2.37. The lowest BCUT2D eigenvalue weighted by Gasteiger charge is -2.30. The van der Waals surface area contributed by atoms with Gasteiger partial charge in [-0.3, -0.25) is 9.59 Å². The van der Waals surface area contributed by atoms with Crippen molar-refractivity contribution in [2.75, 3.05) is 11.4 Å². The fourth-order valence-corrected chi connectivity index (χ4v) is 2.58. The van der Waals surface area contributed by atoms with Crippen molar-refractivity contribution in [1.29, 1.82) is 0 Å². The first-order valence-corrected chi connectivity index (χ1v) is 6.54. The Kier molecular flexibility index (Phi) is 3.54. The van der Waals surface area contributed by atoms with Crippen molar-refractivity contribution >= 4 is 17.6 Å². The van der Waals surface area contributed by atoms with E-state index in [2.05, 4.69) is 0 Å². The molecule has 1 aromatic carbocycles. The molecule has 0 saturated carbocycles. The molecule has 1 aliphatic rings. The van der Waals surface area contributed by atoms with Crippen LogP contribution in [0.3, 0.4) is 0 Å². The van der Waals surface area contributed by atoms with Gasteiger partial charge in [0.05, 0.1) is 0 Å². The van der Waals surface area contributed by atoms with E-state index in [0.29, 0.717) is 18.7 Å². The number of benzene rings is 1. The van der Waals surface area contributed by atoms with Crippen molar-refractivity contribution in [1.82, 2.24) is 0 Å². The molecule has 108 valence electrons. The fraction of sp³-hybridized carbons (Fsp3) is 0.467. The van der Waals surface area contributed by atoms with Gasteiger partial charge < -0.3 is 10.0 Å². The van der Waals surface area contributed by atoms with Gasteiger partial charge in [-0.2, -0.15) is 0 Å². The number of carbonyl (C=O) groups excluding carboxylic acids is 1. The van der Waals surface area contributed by atoms with Crippen LogP contribution in [0.5, 0.6) is 0 Å². The minimum atomic E-state index is -1.15. The van der Waals surface area contributed by atoms with E-state index in [1.165, 1.54) is 17.0 Å². The van der Waals surface area contributed by atoms with Gasteiger partial charge in [0.25, 0.3) is 0 Å². The standard InChI is InChI=1S/C15H18FNO3/c1-15(2,3)12(14(19)20)13(18)17-7-6-9-4-5-10(16)8-11(9)17/h4-5,8,12H,6-7H2,1-3H3,(H,19,20). The molecule has 1 unspecified atom stereocenters. The largest absolute Gasteiger partial charge is 0.481 e. The molecule has 1 heterocycles. The number of anilines is 1. The summed E-state index contributed by atoms with van der Waals surface area (Å²) in [7, 11) is 0. The molecule has 0 aliphatic carbocycles. The Hall–Kier alpha value is -1.91. The summed E-state index contributed by atoms with van der Waals surface area (Å²) in [5.74, 6) is -3.19. The number of carbonyl (C=O) groups is 2. The summed E-state index contributed by atoms with van der Waals surface area (Å²) in [5.41, 5.74) is 0.669. The SMILES string of the molecule is CC(C)(C)C(C(=O)O)C(=O)N1CCc2ccc(F)cc21. The van der Waals surface area contributed by atoms with Crippen LogP contribution >= 0.6 is 0 Å². The van der Waals surface area contributed by atoms with Gasteiger partial charge in [-0.1, -0.05) is 26.8 Å². The maximum atomic E-state index is 13.3. The van der Waals surface area contributed by atoms with Crippen molar-refractivity contribution in [3.63, 3.8) is 0 Å². The van der Waals surface area contributed by atoms with E-state index in [9.17, 15) is 19.1 Å². The lowest BCUT2D eigenvalue weighted by atomic mass is 9.80. The van der Waals surface area contributed by atoms with Gasteiger partial charge in [-0.25, -0.2) is 4.39 Å². The molecule has 0 fully saturated rings. The summed E-state index contributed by atoms with van der Waals surface area (Å²) >= 11 is 0. The molecule has 0 aromatic heterocycles. The van der Waals surface area contributed by atoms with Gasteiger partial charge in [0, 0.05) is 12.2 Å². The number of aliphatic carboxylic acids is 1. The Morgan fingerprint density at radius 2 is 2.00 bits per heavy atom. The van der Waals surface area contributed by atoms with Gasteiger partial charge in [-0.05, 0) is 29.5 Å². The summed E-state index contributed by atoms with van der Waals surface area (Å²) in [6.45, 7) is 5.54. The number of halogens is 1. The molecule has 1 aromatic rings. The summed E-state index contributed by atoms with van der Waals surface area (Å²) < 4.78 is 13.3. The van der Waals surface area contributed by atoms with Crippen molar-refractivity contribution in [3.8, 4) is 0 Å². The van der Waals surface area contributed by atoms with Gasteiger partial charge in [0.15, 0.2) is 0 Å². The Morgan fingerprint density at radius 1 is 1.35 bits per heavy atom. The van der Waals surface area contributed by atoms with Crippen LogP contribution in [0.1, 0.15) is 26.3 Å². The first-order chi connectivity index (χ1) is 9.21. The monoisotopic (exact) mass is 279 g/mol. The van der Waals surface area contributed by atoms with E-state index < -0.39 is 29.0 Å². The van der Waals surface area contributed by atoms with Crippen LogP contribution in [0.4, 0.5) is 10.1 Å². The lowest BCUT2D eigenvalue weighted by Crippen LogP contribution is -2.44. The molecule has 0 saturated heterocycles. The molecule has 2 rings (SSSR count). The molecule has 0 spiro atoms. The van der Waals surface area contributed by atoms with E-state index in [1.807, 2.05) is 0 Å². The van der Waals surface area contributed by atoms with Crippen molar-refractivity contribution in [2.24, 2.45) is 11.3 Å². The quantitative estimate of drug-likeness (QED) is 0.846. The zero-order valence-corrected chi connectivity index (χ0v) is 11.8. The van der Waals surface area contributed by atoms with Crippen LogP contribution in [-0.2, 0) is 16.0 Å². The third kappa shape index (κ3) is 2.53. The number of rotatable bonds is 2. The highest BCUT2D eigenvalue weighted by Crippen LogP contribution is 2.34. The van der Waals surface area contributed by atoms with E-state index in [-0.39, 0.29) is 0 Å². The normalized spacial score (nSPS) is 15.9. The number of carboxylic acid groups (broad SMARTS) is 1. The summed E-state index contributed by atoms with van der Waals surface area (Å²) in [6.07, 6.45) is 0.623. The Bertz CT molecular complexity index is 563. The van der Waals surface area contributed by atoms with E-state index in [4.69, 9.17) is 0 Å². The van der Waals surface area contributed by atoms with Gasteiger partial charge >= 0.3 is 5.97 Å². The fourth-order valence-electron chi connectivity index (χ4n) is 2.58. The molecule has 0 radical (unpaired) electrons. The number of carboxylic acids is 1. The topological polar surface area (TPSA) is 57.6 Å². The average Bonchev–Trinajstić information content (AvgIpc) is 2.68. The number of nitrogens with zero attached hydrogens (tertiary/aromatic N) is 1. The maximum absolute atomic E-state index is 13.3. The zero-order valence-electron chi connectivity index (χ0n) is 11.8. The highest BCUT2D eigenvalue weighted by atomic mass is 19.1. The van der Waals surface area contributed by atoms with Gasteiger partial charge in [0.2, 0.25) is 5.91 Å². The number of hydrogen-bond acceptors (Lipinski definition) is 2. The zero-order chi connectivity index (χ0) is 15.1. The molecule has 1 atom stereocenters. The van der Waals surface area contributed by atoms with E-state index in [0.717, 1.165) is 5.56 Å². The Morgan fingerprint density at radius 3 is 2.55 bits per heavy atom. The van der Waals surface area contributed by atoms with Crippen LogP contribution in [0.2, 0.25) is 0 Å². The smallest absolute Gasteiger partial charge is 0.316 e. The number of hydrogen-bond donors (Lipinski definition) is 1. The lowest BCUT2D eigenvalue weighted by molar-refractivity contribution is -0.150. The molecule has 0 bridgehead atoms. The maximum Gasteiger partial charge on any atom is 0.316 e. The molecule has 1 aliphatic heterocycles. The molecule has 20 heavy (non-hydrogen) atoms. The minimum Gasteiger partial charge on any atom is -0.481 e. The highest BCUT2D eigenvalue weighted by Gasteiger charge is 2.42. The highest BCUT2D eigenvalue weighted by molar-refractivity contribution is 6.07. The first-order valence-electron chi connectivity index (χ1n) is 6.54. The second-order valence-electron chi connectivity index (χ2n) is 6.15. The van der Waals surface area contributed by atoms with Crippen LogP contribution in [-0.4, -0.2) is 23.5 Å². The molecular weight excluding hydrogens is 261 g/mol. The molecule has 5 heteroatoms. The second kappa shape index (κ2) is 4.89. The third-order valence-corrected chi connectivity index (χ3v) is 3.57. The van der Waals surface area contributed by atoms with Crippen LogP contribution in [0.15, 0.2) is 18.2 Å². The molecule has 1 amide bonds. The molecular formula is C15H18FNO3. The van der Waals surface area contributed by atoms with Crippen molar-refractivity contribution in [3.05, 3.63) is 29.6 Å². The van der Waals surface area contributed by atoms with E-state index >= 15 is 0 Å². The van der Waals surface area contributed by atoms with Crippen LogP contribution in [0.25, 0.3) is 0 Å². The summed E-state index contributed by atoms with van der Waals surface area (Å²) in [6, 6.07) is 4.29. The first kappa shape index (κ1) is 14.5. The summed E-state index contributed by atoms with van der Waals surface area (Å²) in [5, 5.41) is 9.32. The van der Waals surface area contributed by atoms with Gasteiger partial charge in [-0.15, -0.1) is 0 Å². The van der Waals surface area contributed by atoms with E-state index in [1.54, 1.807) is 26.8 Å². The minimum absolute atomic E-state index is 0.400. The number of amides is 1. The summed E-state index contributed by atoms with van der Waals surface area (Å²) in [4.78, 5) is 25.3. The predicted octanol–water partition coefficient (Wildman–Crippen LogP) is 2.46. The average molecular weight is 279 g/mol. The van der Waals surface area contributed by atoms with Crippen LogP contribution in [0, 0.1) is 17.2 Å². The van der Waals surface area contributed by atoms with Crippen molar-refractivity contribution in [2.45, 2.75) is 27.2 Å². The Labute approximate surface area is 117 Å². The van der Waals surface area contributed by atoms with Crippen LogP contribution < -0.4 is 4.90 Å². The second-order valence-corrected chi connectivity index (χ2v) is 6.15. The van der Waals surface area contributed by atoms with Gasteiger partial charge in [0.1, 0.15) is 11.7 Å². The molecule has 1 N–H and O–H groups in total.